The fourth-order valence-electron chi connectivity index (χ4n) is 1.42. The smallest absolute Gasteiger partial charge is 0.321 e. The molecule has 0 radical (unpaired) electrons. The number of halogens is 1. The highest BCUT2D eigenvalue weighted by Crippen LogP contribution is 2.02. The van der Waals surface area contributed by atoms with Crippen molar-refractivity contribution in [3.8, 4) is 0 Å². The minimum Gasteiger partial charge on any atom is -1.00 e. The van der Waals surface area contributed by atoms with Gasteiger partial charge in [-0.15, -0.1) is 4.68 Å². The van der Waals surface area contributed by atoms with E-state index in [1.807, 2.05) is 53.5 Å². The summed E-state index contributed by atoms with van der Waals surface area (Å²) >= 11 is 0. The topological polar surface area (TPSA) is 28.8 Å². The maximum absolute atomic E-state index is 4.29. The first-order chi connectivity index (χ1) is 7.40. The number of benzene rings is 1. The Morgan fingerprint density at radius 3 is 2.62 bits per heavy atom. The molecule has 0 saturated carbocycles. The second kappa shape index (κ2) is 6.08. The summed E-state index contributed by atoms with van der Waals surface area (Å²) in [6, 6.07) is 12.0. The maximum Gasteiger partial charge on any atom is 0.321 e. The number of nitrogens with one attached hydrogen (secondary N) is 1. The van der Waals surface area contributed by atoms with E-state index in [0.717, 1.165) is 17.9 Å². The van der Waals surface area contributed by atoms with Crippen LogP contribution in [0, 0.1) is 0 Å². The van der Waals surface area contributed by atoms with E-state index in [-0.39, 0.29) is 12.4 Å². The third kappa shape index (κ3) is 2.94. The second-order valence-electron chi connectivity index (χ2n) is 3.24. The van der Waals surface area contributed by atoms with Gasteiger partial charge in [0.25, 0.3) is 0 Å². The summed E-state index contributed by atoms with van der Waals surface area (Å²) in [7, 11) is 0. The van der Waals surface area contributed by atoms with Gasteiger partial charge in [-0.2, -0.15) is 0 Å². The molecule has 3 nitrogen and oxygen atoms in total. The van der Waals surface area contributed by atoms with E-state index >= 15 is 0 Å². The Labute approximate surface area is 102 Å². The van der Waals surface area contributed by atoms with E-state index in [4.69, 9.17) is 0 Å². The van der Waals surface area contributed by atoms with Gasteiger partial charge in [0.2, 0.25) is 0 Å². The van der Waals surface area contributed by atoms with Crippen molar-refractivity contribution >= 4 is 5.69 Å². The zero-order valence-electron chi connectivity index (χ0n) is 9.10. The van der Waals surface area contributed by atoms with Gasteiger partial charge in [0.05, 0.1) is 12.1 Å². The van der Waals surface area contributed by atoms with E-state index in [2.05, 4.69) is 17.3 Å². The van der Waals surface area contributed by atoms with Gasteiger partial charge < -0.3 is 12.4 Å². The van der Waals surface area contributed by atoms with Gasteiger partial charge in [-0.1, -0.05) is 30.1 Å². The van der Waals surface area contributed by atoms with Crippen molar-refractivity contribution in [2.24, 2.45) is 0 Å². The number of anilines is 1. The molecule has 0 spiro atoms. The van der Waals surface area contributed by atoms with Gasteiger partial charge >= 0.3 is 5.82 Å². The molecule has 0 saturated heterocycles. The Hall–Kier alpha value is -1.61. The molecule has 1 aromatic carbocycles. The maximum atomic E-state index is 4.29. The van der Waals surface area contributed by atoms with Crippen LogP contribution in [0.1, 0.15) is 12.7 Å². The molecule has 1 heterocycles. The molecule has 4 heteroatoms. The van der Waals surface area contributed by atoms with Crippen molar-refractivity contribution in [3.63, 3.8) is 0 Å². The van der Waals surface area contributed by atoms with Gasteiger partial charge in [0, 0.05) is 6.07 Å². The van der Waals surface area contributed by atoms with Gasteiger partial charge in [-0.25, -0.2) is 5.43 Å². The normalized spacial score (nSPS) is 9.31. The first kappa shape index (κ1) is 12.5. The molecule has 1 aromatic heterocycles. The molecule has 0 aliphatic carbocycles. The minimum atomic E-state index is 0. The summed E-state index contributed by atoms with van der Waals surface area (Å²) in [4.78, 5) is 4.29. The van der Waals surface area contributed by atoms with Crippen LogP contribution >= 0.6 is 0 Å². The number of aryl methyl sites for hydroxylation is 1. The monoisotopic (exact) mass is 235 g/mol. The first-order valence-corrected chi connectivity index (χ1v) is 5.08. The van der Waals surface area contributed by atoms with Gasteiger partial charge in [0.1, 0.15) is 12.4 Å². The summed E-state index contributed by atoms with van der Waals surface area (Å²) < 4.78 is 1.94. The van der Waals surface area contributed by atoms with Gasteiger partial charge in [-0.05, 0) is 12.1 Å². The molecule has 0 bridgehead atoms. The highest BCUT2D eigenvalue weighted by atomic mass is 35.5. The number of hydrogen-bond acceptors (Lipinski definition) is 2. The van der Waals surface area contributed by atoms with Crippen LogP contribution in [-0.2, 0) is 6.42 Å². The first-order valence-electron chi connectivity index (χ1n) is 5.08. The Morgan fingerprint density at radius 1 is 1.19 bits per heavy atom. The highest BCUT2D eigenvalue weighted by Gasteiger charge is 2.07. The van der Waals surface area contributed by atoms with Crippen LogP contribution in [0.5, 0.6) is 0 Å². The number of rotatable bonds is 3. The lowest BCUT2D eigenvalue weighted by atomic mass is 10.3. The standard InChI is InChI=1S/C12H14N3.ClH/c1-2-12-13-9-6-10-15(12)14-11-7-4-3-5-8-11;/h3-10,14H,2H2,1H3;1H/q+1;/p-1. The second-order valence-corrected chi connectivity index (χ2v) is 3.24. The summed E-state index contributed by atoms with van der Waals surface area (Å²) in [5.41, 5.74) is 4.34. The van der Waals surface area contributed by atoms with Crippen LogP contribution in [0.15, 0.2) is 48.8 Å². The molecular weight excluding hydrogens is 222 g/mol. The van der Waals surface area contributed by atoms with Crippen LogP contribution in [0.3, 0.4) is 0 Å². The molecule has 84 valence electrons. The Balaban J connectivity index is 0.00000128. The Kier molecular flexibility index (Phi) is 4.73. The molecule has 0 amide bonds. The molecule has 2 aromatic rings. The number of nitrogens with zero attached hydrogens (tertiary/aromatic N) is 2. The summed E-state index contributed by atoms with van der Waals surface area (Å²) in [6.45, 7) is 2.09. The third-order valence-corrected chi connectivity index (χ3v) is 2.16. The SMILES string of the molecule is CCc1nccc[n+]1Nc1ccccc1.[Cl-]. The molecule has 0 aliphatic rings. The average molecular weight is 236 g/mol. The lowest BCUT2D eigenvalue weighted by Crippen LogP contribution is -3.00. The zero-order valence-corrected chi connectivity index (χ0v) is 9.85. The minimum absolute atomic E-state index is 0. The predicted octanol–water partition coefficient (Wildman–Crippen LogP) is -1.19. The molecule has 0 unspecified atom stereocenters. The summed E-state index contributed by atoms with van der Waals surface area (Å²) in [5.74, 6) is 1.02. The van der Waals surface area contributed by atoms with E-state index < -0.39 is 0 Å². The third-order valence-electron chi connectivity index (χ3n) is 2.16. The lowest BCUT2D eigenvalue weighted by molar-refractivity contribution is -0.654. The fraction of sp³-hybridized carbons (Fsp3) is 0.167. The molecule has 0 aliphatic heterocycles. The number of hydrogen-bond donors (Lipinski definition) is 1. The van der Waals surface area contributed by atoms with E-state index in [9.17, 15) is 0 Å². The van der Waals surface area contributed by atoms with E-state index in [0.29, 0.717) is 0 Å². The van der Waals surface area contributed by atoms with Crippen LogP contribution < -0.4 is 22.5 Å². The highest BCUT2D eigenvalue weighted by molar-refractivity contribution is 5.39. The molecule has 0 fully saturated rings. The van der Waals surface area contributed by atoms with Crippen LogP contribution in [0.25, 0.3) is 0 Å². The Morgan fingerprint density at radius 2 is 1.94 bits per heavy atom. The molecule has 2 rings (SSSR count). The van der Waals surface area contributed by atoms with Crippen LogP contribution in [0.4, 0.5) is 5.69 Å². The number of aromatic nitrogens is 2. The predicted molar refractivity (Wildman–Crippen MR) is 59.3 cm³/mol. The lowest BCUT2D eigenvalue weighted by Gasteiger charge is -2.04. The van der Waals surface area contributed by atoms with E-state index in [1.165, 1.54) is 0 Å². The average Bonchev–Trinajstić information content (AvgIpc) is 2.31. The van der Waals surface area contributed by atoms with E-state index in [1.54, 1.807) is 0 Å². The van der Waals surface area contributed by atoms with Crippen molar-refractivity contribution in [2.45, 2.75) is 13.3 Å². The Bertz CT molecular complexity index is 431. The van der Waals surface area contributed by atoms with Crippen molar-refractivity contribution in [2.75, 3.05) is 5.43 Å². The number of para-hydroxylation sites is 1. The van der Waals surface area contributed by atoms with Crippen molar-refractivity contribution < 1.29 is 17.1 Å². The van der Waals surface area contributed by atoms with Crippen LogP contribution in [-0.4, -0.2) is 4.98 Å². The summed E-state index contributed by atoms with van der Waals surface area (Å²) in [5, 5.41) is 0. The van der Waals surface area contributed by atoms with Crippen LogP contribution in [0.2, 0.25) is 0 Å². The van der Waals surface area contributed by atoms with Gasteiger partial charge in [0.15, 0.2) is 0 Å². The summed E-state index contributed by atoms with van der Waals surface area (Å²) in [6.07, 6.45) is 4.68. The quantitative estimate of drug-likeness (QED) is 0.678. The van der Waals surface area contributed by atoms with Gasteiger partial charge in [-0.3, -0.25) is 0 Å². The largest absolute Gasteiger partial charge is 1.00 e. The van der Waals surface area contributed by atoms with Crippen molar-refractivity contribution in [1.29, 1.82) is 0 Å². The van der Waals surface area contributed by atoms with Crippen molar-refractivity contribution in [1.82, 2.24) is 4.98 Å². The fourth-order valence-corrected chi connectivity index (χ4v) is 1.42. The molecule has 0 atom stereocenters. The van der Waals surface area contributed by atoms with Crippen molar-refractivity contribution in [3.05, 3.63) is 54.6 Å². The zero-order chi connectivity index (χ0) is 10.5. The molecule has 16 heavy (non-hydrogen) atoms. The molecular formula is C12H14ClN3. The molecule has 1 N–H and O–H groups in total.